The van der Waals surface area contributed by atoms with Gasteiger partial charge in [-0.05, 0) is 62.3 Å². The van der Waals surface area contributed by atoms with E-state index in [2.05, 4.69) is 12.2 Å². The van der Waals surface area contributed by atoms with Gasteiger partial charge in [0.05, 0.1) is 0 Å². The molecule has 0 amide bonds. The maximum absolute atomic E-state index is 3.82. The second-order valence-electron chi connectivity index (χ2n) is 7.59. The van der Waals surface area contributed by atoms with E-state index in [1.165, 1.54) is 64.3 Å². The van der Waals surface area contributed by atoms with Crippen LogP contribution in [0.1, 0.15) is 77.6 Å². The molecule has 3 aliphatic carbocycles. The highest BCUT2D eigenvalue weighted by molar-refractivity contribution is 4.88. The number of hydrogen-bond acceptors (Lipinski definition) is 1. The molecular formula is C18H33N. The summed E-state index contributed by atoms with van der Waals surface area (Å²) < 4.78 is 0. The third-order valence-electron chi connectivity index (χ3n) is 6.22. The molecule has 110 valence electrons. The second-order valence-corrected chi connectivity index (χ2v) is 7.59. The minimum atomic E-state index is 0.900. The first-order chi connectivity index (χ1) is 9.36. The SMILES string of the molecule is CCC1CCCC(C2CCCCC2CNC2CC2)C1. The van der Waals surface area contributed by atoms with E-state index in [9.17, 15) is 0 Å². The Morgan fingerprint density at radius 3 is 2.53 bits per heavy atom. The van der Waals surface area contributed by atoms with Crippen molar-refractivity contribution in [1.82, 2.24) is 5.32 Å². The molecule has 0 heterocycles. The van der Waals surface area contributed by atoms with Gasteiger partial charge >= 0.3 is 0 Å². The van der Waals surface area contributed by atoms with E-state index in [1.54, 1.807) is 12.8 Å². The Morgan fingerprint density at radius 1 is 0.895 bits per heavy atom. The fourth-order valence-corrected chi connectivity index (χ4v) is 4.81. The second kappa shape index (κ2) is 6.61. The average Bonchev–Trinajstić information content (AvgIpc) is 3.30. The van der Waals surface area contributed by atoms with Crippen LogP contribution in [0.15, 0.2) is 0 Å². The van der Waals surface area contributed by atoms with E-state index in [1.807, 2.05) is 0 Å². The van der Waals surface area contributed by atoms with Gasteiger partial charge in [0.2, 0.25) is 0 Å². The summed E-state index contributed by atoms with van der Waals surface area (Å²) in [5.41, 5.74) is 0. The molecule has 19 heavy (non-hydrogen) atoms. The molecule has 3 saturated carbocycles. The minimum Gasteiger partial charge on any atom is -0.314 e. The van der Waals surface area contributed by atoms with Crippen LogP contribution >= 0.6 is 0 Å². The van der Waals surface area contributed by atoms with Gasteiger partial charge < -0.3 is 5.32 Å². The largest absolute Gasteiger partial charge is 0.314 e. The summed E-state index contributed by atoms with van der Waals surface area (Å²) in [6.07, 6.45) is 16.5. The highest BCUT2D eigenvalue weighted by Gasteiger charge is 2.35. The van der Waals surface area contributed by atoms with Crippen molar-refractivity contribution in [2.24, 2.45) is 23.7 Å². The molecule has 3 rings (SSSR count). The molecule has 0 spiro atoms. The zero-order valence-corrected chi connectivity index (χ0v) is 12.9. The third-order valence-corrected chi connectivity index (χ3v) is 6.22. The topological polar surface area (TPSA) is 12.0 Å². The number of nitrogens with one attached hydrogen (secondary N) is 1. The molecule has 0 bridgehead atoms. The van der Waals surface area contributed by atoms with E-state index in [0.717, 1.165) is 29.7 Å². The summed E-state index contributed by atoms with van der Waals surface area (Å²) >= 11 is 0. The Labute approximate surface area is 119 Å². The standard InChI is InChI=1S/C18H33N/c1-2-14-6-5-8-15(12-14)18-9-4-3-7-16(18)13-19-17-10-11-17/h14-19H,2-13H2,1H3. The molecule has 0 aliphatic heterocycles. The summed E-state index contributed by atoms with van der Waals surface area (Å²) in [4.78, 5) is 0. The summed E-state index contributed by atoms with van der Waals surface area (Å²) in [6, 6.07) is 0.900. The first-order valence-corrected chi connectivity index (χ1v) is 9.10. The van der Waals surface area contributed by atoms with Gasteiger partial charge in [0.25, 0.3) is 0 Å². The minimum absolute atomic E-state index is 0.900. The molecule has 1 heteroatoms. The van der Waals surface area contributed by atoms with Crippen LogP contribution in [0.3, 0.4) is 0 Å². The lowest BCUT2D eigenvalue weighted by Crippen LogP contribution is -2.36. The van der Waals surface area contributed by atoms with Crippen molar-refractivity contribution < 1.29 is 0 Å². The summed E-state index contributed by atoms with van der Waals surface area (Å²) in [5.74, 6) is 4.20. The van der Waals surface area contributed by atoms with Crippen LogP contribution in [0, 0.1) is 23.7 Å². The van der Waals surface area contributed by atoms with Crippen molar-refractivity contribution in [1.29, 1.82) is 0 Å². The fraction of sp³-hybridized carbons (Fsp3) is 1.00. The van der Waals surface area contributed by atoms with Crippen LogP contribution in [0.25, 0.3) is 0 Å². The summed E-state index contributed by atoms with van der Waals surface area (Å²) in [5, 5.41) is 3.82. The van der Waals surface area contributed by atoms with Gasteiger partial charge in [-0.15, -0.1) is 0 Å². The van der Waals surface area contributed by atoms with E-state index in [4.69, 9.17) is 0 Å². The first kappa shape index (κ1) is 13.9. The predicted octanol–water partition coefficient (Wildman–Crippen LogP) is 4.76. The van der Waals surface area contributed by atoms with Crippen molar-refractivity contribution in [2.45, 2.75) is 83.6 Å². The molecular weight excluding hydrogens is 230 g/mol. The smallest absolute Gasteiger partial charge is 0.00683 e. The van der Waals surface area contributed by atoms with E-state index < -0.39 is 0 Å². The average molecular weight is 263 g/mol. The molecule has 0 aromatic heterocycles. The van der Waals surface area contributed by atoms with Crippen LogP contribution in [0.2, 0.25) is 0 Å². The monoisotopic (exact) mass is 263 g/mol. The number of hydrogen-bond donors (Lipinski definition) is 1. The van der Waals surface area contributed by atoms with E-state index >= 15 is 0 Å². The quantitative estimate of drug-likeness (QED) is 0.754. The van der Waals surface area contributed by atoms with Gasteiger partial charge in [-0.3, -0.25) is 0 Å². The Morgan fingerprint density at radius 2 is 1.74 bits per heavy atom. The van der Waals surface area contributed by atoms with Crippen molar-refractivity contribution >= 4 is 0 Å². The Balaban J connectivity index is 1.55. The molecule has 0 saturated heterocycles. The normalized spacial score (nSPS) is 40.3. The van der Waals surface area contributed by atoms with Crippen molar-refractivity contribution in [3.05, 3.63) is 0 Å². The highest BCUT2D eigenvalue weighted by Crippen LogP contribution is 2.43. The molecule has 3 aliphatic rings. The molecule has 4 atom stereocenters. The third kappa shape index (κ3) is 3.74. The van der Waals surface area contributed by atoms with Crippen molar-refractivity contribution in [3.63, 3.8) is 0 Å². The number of rotatable bonds is 5. The Hall–Kier alpha value is -0.0400. The maximum atomic E-state index is 3.82. The van der Waals surface area contributed by atoms with Crippen molar-refractivity contribution in [3.8, 4) is 0 Å². The van der Waals surface area contributed by atoms with E-state index in [0.29, 0.717) is 0 Å². The van der Waals surface area contributed by atoms with Crippen LogP contribution in [-0.2, 0) is 0 Å². The fourth-order valence-electron chi connectivity index (χ4n) is 4.81. The summed E-state index contributed by atoms with van der Waals surface area (Å²) in [6.45, 7) is 3.74. The molecule has 0 radical (unpaired) electrons. The first-order valence-electron chi connectivity index (χ1n) is 9.10. The predicted molar refractivity (Wildman–Crippen MR) is 82.2 cm³/mol. The van der Waals surface area contributed by atoms with Crippen LogP contribution in [0.4, 0.5) is 0 Å². The maximum Gasteiger partial charge on any atom is 0.00683 e. The lowest BCUT2D eigenvalue weighted by atomic mass is 9.65. The summed E-state index contributed by atoms with van der Waals surface area (Å²) in [7, 11) is 0. The Bertz CT molecular complexity index is 271. The van der Waals surface area contributed by atoms with Crippen molar-refractivity contribution in [2.75, 3.05) is 6.54 Å². The molecule has 1 N–H and O–H groups in total. The van der Waals surface area contributed by atoms with E-state index in [-0.39, 0.29) is 0 Å². The molecule has 0 aromatic carbocycles. The van der Waals surface area contributed by atoms with Gasteiger partial charge in [-0.1, -0.05) is 45.4 Å². The van der Waals surface area contributed by atoms with Crippen LogP contribution in [-0.4, -0.2) is 12.6 Å². The zero-order chi connectivity index (χ0) is 13.1. The highest BCUT2D eigenvalue weighted by atomic mass is 14.9. The Kier molecular flexibility index (Phi) is 4.84. The van der Waals surface area contributed by atoms with Crippen LogP contribution < -0.4 is 5.32 Å². The molecule has 3 fully saturated rings. The van der Waals surface area contributed by atoms with Gasteiger partial charge in [0.1, 0.15) is 0 Å². The lowest BCUT2D eigenvalue weighted by molar-refractivity contribution is 0.104. The molecule has 1 nitrogen and oxygen atoms in total. The van der Waals surface area contributed by atoms with Gasteiger partial charge in [-0.2, -0.15) is 0 Å². The molecule has 4 unspecified atom stereocenters. The zero-order valence-electron chi connectivity index (χ0n) is 12.9. The molecule has 0 aromatic rings. The van der Waals surface area contributed by atoms with Gasteiger partial charge in [0, 0.05) is 6.04 Å². The van der Waals surface area contributed by atoms with Gasteiger partial charge in [0.15, 0.2) is 0 Å². The lowest BCUT2D eigenvalue weighted by Gasteiger charge is -2.41. The van der Waals surface area contributed by atoms with Crippen LogP contribution in [0.5, 0.6) is 0 Å². The van der Waals surface area contributed by atoms with Gasteiger partial charge in [-0.25, -0.2) is 0 Å².